The van der Waals surface area contributed by atoms with E-state index >= 15 is 0 Å². The molecule has 0 aromatic carbocycles. The third-order valence-corrected chi connectivity index (χ3v) is 3.67. The Balaban J connectivity index is 2.51. The van der Waals surface area contributed by atoms with Crippen LogP contribution >= 0.6 is 0 Å². The molecule has 1 heterocycles. The van der Waals surface area contributed by atoms with Crippen LogP contribution in [-0.4, -0.2) is 50.5 Å². The molecule has 0 radical (unpaired) electrons. The molecule has 0 aliphatic carbocycles. The van der Waals surface area contributed by atoms with Gasteiger partial charge in [-0.05, 0) is 27.1 Å². The lowest BCUT2D eigenvalue weighted by Gasteiger charge is -2.09. The van der Waals surface area contributed by atoms with E-state index in [2.05, 4.69) is 14.7 Å². The number of hydrogen-bond donors (Lipinski definition) is 2. The van der Waals surface area contributed by atoms with E-state index in [1.54, 1.807) is 0 Å². The summed E-state index contributed by atoms with van der Waals surface area (Å²) in [7, 11) is 0.476. The van der Waals surface area contributed by atoms with Crippen LogP contribution in [0.25, 0.3) is 0 Å². The van der Waals surface area contributed by atoms with Gasteiger partial charge in [-0.1, -0.05) is 6.92 Å². The van der Waals surface area contributed by atoms with Gasteiger partial charge in [0.15, 0.2) is 5.03 Å². The van der Waals surface area contributed by atoms with Crippen LogP contribution in [-0.2, 0) is 16.4 Å². The smallest absolute Gasteiger partial charge is 0.257 e. The lowest BCUT2D eigenvalue weighted by atomic mass is 10.4. The number of rotatable bonds is 7. The van der Waals surface area contributed by atoms with E-state index in [9.17, 15) is 8.42 Å². The van der Waals surface area contributed by atoms with Gasteiger partial charge in [-0.3, -0.25) is 0 Å². The van der Waals surface area contributed by atoms with E-state index in [4.69, 9.17) is 0 Å². The lowest BCUT2D eigenvalue weighted by molar-refractivity contribution is 0.400. The van der Waals surface area contributed by atoms with Crippen LogP contribution < -0.4 is 4.72 Å². The summed E-state index contributed by atoms with van der Waals surface area (Å²) in [5, 5.41) is 0.138. The van der Waals surface area contributed by atoms with Gasteiger partial charge >= 0.3 is 0 Å². The van der Waals surface area contributed by atoms with Crippen molar-refractivity contribution in [3.8, 4) is 0 Å². The molecule has 7 heteroatoms. The maximum atomic E-state index is 11.8. The number of hydrogen-bond acceptors (Lipinski definition) is 4. The summed E-state index contributed by atoms with van der Waals surface area (Å²) in [6.45, 7) is 3.20. The Morgan fingerprint density at radius 2 is 2.18 bits per heavy atom. The average Bonchev–Trinajstić information content (AvgIpc) is 2.73. The van der Waals surface area contributed by atoms with Gasteiger partial charge in [-0.25, -0.2) is 18.1 Å². The van der Waals surface area contributed by atoms with E-state index in [0.29, 0.717) is 18.8 Å². The van der Waals surface area contributed by atoms with Gasteiger partial charge in [0, 0.05) is 13.0 Å². The van der Waals surface area contributed by atoms with Crippen molar-refractivity contribution in [2.24, 2.45) is 0 Å². The summed E-state index contributed by atoms with van der Waals surface area (Å²) < 4.78 is 26.2. The molecule has 0 atom stereocenters. The molecule has 0 unspecified atom stereocenters. The average molecular weight is 260 g/mol. The fourth-order valence-corrected chi connectivity index (χ4v) is 2.35. The number of aryl methyl sites for hydroxylation is 1. The number of H-pyrrole nitrogens is 1. The van der Waals surface area contributed by atoms with E-state index in [1.807, 2.05) is 25.9 Å². The van der Waals surface area contributed by atoms with Crippen LogP contribution in [0.4, 0.5) is 0 Å². The highest BCUT2D eigenvalue weighted by atomic mass is 32.2. The standard InChI is InChI=1S/C10H20N4O2S/c1-4-9-11-8-10(13-9)17(15,16)12-6-5-7-14(2)3/h8,12H,4-7H2,1-3H3,(H,11,13). The maximum absolute atomic E-state index is 11.8. The van der Waals surface area contributed by atoms with Crippen molar-refractivity contribution in [1.29, 1.82) is 0 Å². The van der Waals surface area contributed by atoms with Crippen LogP contribution in [0.3, 0.4) is 0 Å². The molecule has 0 fully saturated rings. The van der Waals surface area contributed by atoms with Crippen molar-refractivity contribution in [1.82, 2.24) is 19.6 Å². The zero-order valence-electron chi connectivity index (χ0n) is 10.5. The fraction of sp³-hybridized carbons (Fsp3) is 0.700. The van der Waals surface area contributed by atoms with Gasteiger partial charge in [0.05, 0.1) is 6.20 Å². The lowest BCUT2D eigenvalue weighted by Crippen LogP contribution is -2.27. The van der Waals surface area contributed by atoms with Crippen LogP contribution in [0.2, 0.25) is 0 Å². The van der Waals surface area contributed by atoms with Crippen molar-refractivity contribution >= 4 is 10.0 Å². The Labute approximate surface area is 102 Å². The molecule has 0 spiro atoms. The summed E-state index contributed by atoms with van der Waals surface area (Å²) in [4.78, 5) is 8.77. The monoisotopic (exact) mass is 260 g/mol. The first kappa shape index (κ1) is 14.1. The second-order valence-electron chi connectivity index (χ2n) is 4.10. The van der Waals surface area contributed by atoms with Crippen LogP contribution in [0.5, 0.6) is 0 Å². The number of aromatic nitrogens is 2. The molecule has 0 saturated heterocycles. The number of nitrogens with one attached hydrogen (secondary N) is 2. The molecule has 0 aliphatic rings. The largest absolute Gasteiger partial charge is 0.332 e. The zero-order chi connectivity index (χ0) is 12.9. The second kappa shape index (κ2) is 6.13. The second-order valence-corrected chi connectivity index (χ2v) is 5.84. The highest BCUT2D eigenvalue weighted by Crippen LogP contribution is 2.05. The topological polar surface area (TPSA) is 78.1 Å². The molecular formula is C10H20N4O2S. The summed E-state index contributed by atoms with van der Waals surface area (Å²) in [6.07, 6.45) is 2.82. The van der Waals surface area contributed by atoms with Crippen molar-refractivity contribution in [3.63, 3.8) is 0 Å². The summed E-state index contributed by atoms with van der Waals surface area (Å²) in [6, 6.07) is 0. The van der Waals surface area contributed by atoms with Crippen molar-refractivity contribution < 1.29 is 8.42 Å². The minimum atomic E-state index is -3.43. The first-order valence-corrected chi connectivity index (χ1v) is 7.12. The minimum absolute atomic E-state index is 0.138. The number of aromatic amines is 1. The van der Waals surface area contributed by atoms with E-state index in [0.717, 1.165) is 13.0 Å². The molecule has 17 heavy (non-hydrogen) atoms. The van der Waals surface area contributed by atoms with Crippen LogP contribution in [0.1, 0.15) is 19.2 Å². The SMILES string of the molecule is CCc1ncc(S(=O)(=O)NCCCN(C)C)[nH]1. The van der Waals surface area contributed by atoms with Gasteiger partial charge in [-0.2, -0.15) is 0 Å². The number of sulfonamides is 1. The Bertz CT molecular complexity index is 439. The molecule has 2 N–H and O–H groups in total. The molecular weight excluding hydrogens is 240 g/mol. The number of imidazole rings is 1. The summed E-state index contributed by atoms with van der Waals surface area (Å²) in [5.74, 6) is 0.679. The van der Waals surface area contributed by atoms with E-state index in [1.165, 1.54) is 6.20 Å². The Kier molecular flexibility index (Phi) is 5.10. The summed E-state index contributed by atoms with van der Waals surface area (Å²) in [5.41, 5.74) is 0. The number of nitrogens with zero attached hydrogens (tertiary/aromatic N) is 2. The fourth-order valence-electron chi connectivity index (χ4n) is 1.34. The highest BCUT2D eigenvalue weighted by Gasteiger charge is 2.15. The van der Waals surface area contributed by atoms with E-state index < -0.39 is 10.0 Å². The Morgan fingerprint density at radius 3 is 2.71 bits per heavy atom. The quantitative estimate of drug-likeness (QED) is 0.687. The Morgan fingerprint density at radius 1 is 1.47 bits per heavy atom. The van der Waals surface area contributed by atoms with Gasteiger partial charge in [0.1, 0.15) is 5.82 Å². The predicted octanol–water partition coefficient (Wildman–Crippen LogP) is 0.202. The third-order valence-electron chi connectivity index (χ3n) is 2.30. The van der Waals surface area contributed by atoms with Crippen molar-refractivity contribution in [2.45, 2.75) is 24.8 Å². The maximum Gasteiger partial charge on any atom is 0.257 e. The normalized spacial score (nSPS) is 12.2. The van der Waals surface area contributed by atoms with Crippen molar-refractivity contribution in [3.05, 3.63) is 12.0 Å². The van der Waals surface area contributed by atoms with Crippen LogP contribution in [0, 0.1) is 0 Å². The van der Waals surface area contributed by atoms with Gasteiger partial charge < -0.3 is 9.88 Å². The Hall–Kier alpha value is -0.920. The van der Waals surface area contributed by atoms with Gasteiger partial charge in [-0.15, -0.1) is 0 Å². The predicted molar refractivity (Wildman–Crippen MR) is 66.3 cm³/mol. The molecule has 0 aliphatic heterocycles. The van der Waals surface area contributed by atoms with E-state index in [-0.39, 0.29) is 5.03 Å². The molecule has 98 valence electrons. The first-order chi connectivity index (χ1) is 7.95. The minimum Gasteiger partial charge on any atom is -0.332 e. The zero-order valence-corrected chi connectivity index (χ0v) is 11.3. The first-order valence-electron chi connectivity index (χ1n) is 5.64. The molecule has 0 saturated carbocycles. The molecule has 6 nitrogen and oxygen atoms in total. The third kappa shape index (κ3) is 4.45. The highest BCUT2D eigenvalue weighted by molar-refractivity contribution is 7.89. The summed E-state index contributed by atoms with van der Waals surface area (Å²) >= 11 is 0. The molecule has 0 bridgehead atoms. The van der Waals surface area contributed by atoms with Gasteiger partial charge in [0.25, 0.3) is 10.0 Å². The molecule has 1 rings (SSSR count). The van der Waals surface area contributed by atoms with Crippen LogP contribution in [0.15, 0.2) is 11.2 Å². The van der Waals surface area contributed by atoms with Crippen molar-refractivity contribution in [2.75, 3.05) is 27.2 Å². The van der Waals surface area contributed by atoms with Gasteiger partial charge in [0.2, 0.25) is 0 Å². The molecule has 0 amide bonds. The molecule has 1 aromatic rings. The molecule has 1 aromatic heterocycles.